The molecule has 0 atom stereocenters. The maximum Gasteiger partial charge on any atom is 0.115 e. The van der Waals surface area contributed by atoms with Gasteiger partial charge in [0.1, 0.15) is 6.33 Å². The fourth-order valence-corrected chi connectivity index (χ4v) is 2.06. The van der Waals surface area contributed by atoms with Gasteiger partial charge in [-0.3, -0.25) is 4.98 Å². The summed E-state index contributed by atoms with van der Waals surface area (Å²) in [6.45, 7) is 2.68. The lowest BCUT2D eigenvalue weighted by molar-refractivity contribution is 1.01. The molecule has 0 saturated heterocycles. The van der Waals surface area contributed by atoms with Gasteiger partial charge in [0, 0.05) is 23.0 Å². The first-order valence-electron chi connectivity index (χ1n) is 6.18. The lowest BCUT2D eigenvalue weighted by atomic mass is 10.1. The third kappa shape index (κ3) is 2.52. The Kier molecular flexibility index (Phi) is 3.06. The van der Waals surface area contributed by atoms with Crippen LogP contribution in [0.2, 0.25) is 0 Å². The molecule has 0 fully saturated rings. The quantitative estimate of drug-likeness (QED) is 0.776. The summed E-state index contributed by atoms with van der Waals surface area (Å²) in [5.41, 5.74) is 4.06. The highest BCUT2D eigenvalue weighted by Gasteiger charge is 2.03. The van der Waals surface area contributed by atoms with Gasteiger partial charge < -0.3 is 5.32 Å². The molecule has 0 aliphatic carbocycles. The number of benzene rings is 1. The molecular weight excluding hydrogens is 236 g/mol. The Morgan fingerprint density at radius 3 is 2.89 bits per heavy atom. The zero-order valence-corrected chi connectivity index (χ0v) is 10.7. The van der Waals surface area contributed by atoms with Crippen molar-refractivity contribution in [2.75, 3.05) is 5.32 Å². The standard InChI is InChI=1S/C15H14N4/c1-11-8-15(13-4-2-3-5-14(13)19-11)17-9-12-6-7-16-10-18-12/h2-8,10H,9H2,1H3,(H,17,19). The lowest BCUT2D eigenvalue weighted by Crippen LogP contribution is -2.03. The van der Waals surface area contributed by atoms with Gasteiger partial charge in [0.2, 0.25) is 0 Å². The van der Waals surface area contributed by atoms with E-state index in [1.807, 2.05) is 31.2 Å². The van der Waals surface area contributed by atoms with Crippen molar-refractivity contribution in [2.45, 2.75) is 13.5 Å². The number of rotatable bonds is 3. The van der Waals surface area contributed by atoms with E-state index in [4.69, 9.17) is 0 Å². The van der Waals surface area contributed by atoms with E-state index in [1.165, 1.54) is 0 Å². The number of aromatic nitrogens is 3. The Bertz CT molecular complexity index is 695. The van der Waals surface area contributed by atoms with Crippen molar-refractivity contribution < 1.29 is 0 Å². The second kappa shape index (κ2) is 5.02. The molecule has 4 nitrogen and oxygen atoms in total. The number of anilines is 1. The number of fused-ring (bicyclic) bond motifs is 1. The molecule has 94 valence electrons. The molecule has 0 aliphatic rings. The Labute approximate surface area is 111 Å². The van der Waals surface area contributed by atoms with Gasteiger partial charge in [-0.15, -0.1) is 0 Å². The summed E-state index contributed by atoms with van der Waals surface area (Å²) in [7, 11) is 0. The minimum absolute atomic E-state index is 0.677. The Balaban J connectivity index is 1.92. The van der Waals surface area contributed by atoms with Crippen molar-refractivity contribution in [2.24, 2.45) is 0 Å². The van der Waals surface area contributed by atoms with Crippen LogP contribution in [0.5, 0.6) is 0 Å². The predicted molar refractivity (Wildman–Crippen MR) is 75.8 cm³/mol. The number of hydrogen-bond donors (Lipinski definition) is 1. The molecule has 2 aromatic heterocycles. The van der Waals surface area contributed by atoms with Gasteiger partial charge in [0.15, 0.2) is 0 Å². The summed E-state index contributed by atoms with van der Waals surface area (Å²) < 4.78 is 0. The van der Waals surface area contributed by atoms with Crippen LogP contribution >= 0.6 is 0 Å². The molecule has 19 heavy (non-hydrogen) atoms. The van der Waals surface area contributed by atoms with Crippen LogP contribution in [-0.4, -0.2) is 15.0 Å². The van der Waals surface area contributed by atoms with Gasteiger partial charge >= 0.3 is 0 Å². The summed E-state index contributed by atoms with van der Waals surface area (Å²) in [4.78, 5) is 12.6. The van der Waals surface area contributed by atoms with E-state index in [2.05, 4.69) is 32.4 Å². The number of nitrogens with one attached hydrogen (secondary N) is 1. The van der Waals surface area contributed by atoms with E-state index in [-0.39, 0.29) is 0 Å². The molecule has 0 radical (unpaired) electrons. The third-order valence-electron chi connectivity index (χ3n) is 2.95. The largest absolute Gasteiger partial charge is 0.379 e. The van der Waals surface area contributed by atoms with E-state index >= 15 is 0 Å². The average Bonchev–Trinajstić information content (AvgIpc) is 2.45. The second-order valence-corrected chi connectivity index (χ2v) is 4.38. The maximum absolute atomic E-state index is 4.53. The van der Waals surface area contributed by atoms with Crippen LogP contribution in [0.3, 0.4) is 0 Å². The number of pyridine rings is 1. The molecule has 0 amide bonds. The van der Waals surface area contributed by atoms with Crippen molar-refractivity contribution >= 4 is 16.6 Å². The minimum Gasteiger partial charge on any atom is -0.379 e. The van der Waals surface area contributed by atoms with Crippen LogP contribution in [-0.2, 0) is 6.54 Å². The van der Waals surface area contributed by atoms with Gasteiger partial charge in [-0.05, 0) is 25.1 Å². The van der Waals surface area contributed by atoms with Crippen LogP contribution in [0.1, 0.15) is 11.4 Å². The van der Waals surface area contributed by atoms with Crippen LogP contribution in [0.15, 0.2) is 48.9 Å². The number of hydrogen-bond acceptors (Lipinski definition) is 4. The summed E-state index contributed by atoms with van der Waals surface area (Å²) in [5, 5.41) is 4.54. The molecule has 3 rings (SSSR count). The van der Waals surface area contributed by atoms with E-state index in [9.17, 15) is 0 Å². The topological polar surface area (TPSA) is 50.7 Å². The zero-order valence-electron chi connectivity index (χ0n) is 10.7. The van der Waals surface area contributed by atoms with Crippen molar-refractivity contribution in [3.05, 3.63) is 60.3 Å². The fraction of sp³-hybridized carbons (Fsp3) is 0.133. The van der Waals surface area contributed by atoms with Gasteiger partial charge in [-0.25, -0.2) is 9.97 Å². The van der Waals surface area contributed by atoms with E-state index in [0.29, 0.717) is 6.54 Å². The highest BCUT2D eigenvalue weighted by atomic mass is 14.9. The first-order chi connectivity index (χ1) is 9.33. The molecule has 0 saturated carbocycles. The van der Waals surface area contributed by atoms with E-state index in [0.717, 1.165) is 28.0 Å². The Hall–Kier alpha value is -2.49. The molecular formula is C15H14N4. The smallest absolute Gasteiger partial charge is 0.115 e. The van der Waals surface area contributed by atoms with Crippen LogP contribution in [0.4, 0.5) is 5.69 Å². The van der Waals surface area contributed by atoms with Crippen LogP contribution in [0, 0.1) is 6.92 Å². The number of nitrogens with zero attached hydrogens (tertiary/aromatic N) is 3. The normalized spacial score (nSPS) is 10.6. The summed E-state index contributed by atoms with van der Waals surface area (Å²) in [5.74, 6) is 0. The van der Waals surface area contributed by atoms with Gasteiger partial charge in [-0.1, -0.05) is 18.2 Å². The van der Waals surface area contributed by atoms with Crippen molar-refractivity contribution in [1.82, 2.24) is 15.0 Å². The summed E-state index contributed by atoms with van der Waals surface area (Å²) in [6.07, 6.45) is 3.31. The molecule has 2 heterocycles. The molecule has 4 heteroatoms. The molecule has 0 bridgehead atoms. The molecule has 3 aromatic rings. The van der Waals surface area contributed by atoms with Crippen molar-refractivity contribution in [3.8, 4) is 0 Å². The van der Waals surface area contributed by atoms with Gasteiger partial charge in [-0.2, -0.15) is 0 Å². The number of aryl methyl sites for hydroxylation is 1. The highest BCUT2D eigenvalue weighted by molar-refractivity contribution is 5.91. The van der Waals surface area contributed by atoms with Crippen LogP contribution in [0.25, 0.3) is 10.9 Å². The van der Waals surface area contributed by atoms with Crippen molar-refractivity contribution in [1.29, 1.82) is 0 Å². The summed E-state index contributed by atoms with van der Waals surface area (Å²) >= 11 is 0. The van der Waals surface area contributed by atoms with E-state index in [1.54, 1.807) is 12.5 Å². The second-order valence-electron chi connectivity index (χ2n) is 4.38. The van der Waals surface area contributed by atoms with Crippen molar-refractivity contribution in [3.63, 3.8) is 0 Å². The minimum atomic E-state index is 0.677. The first kappa shape index (κ1) is 11.6. The SMILES string of the molecule is Cc1cc(NCc2ccncn2)c2ccccc2n1. The molecule has 0 spiro atoms. The predicted octanol–water partition coefficient (Wildman–Crippen LogP) is 2.95. The molecule has 1 N–H and O–H groups in total. The van der Waals surface area contributed by atoms with E-state index < -0.39 is 0 Å². The summed E-state index contributed by atoms with van der Waals surface area (Å²) in [6, 6.07) is 12.1. The lowest BCUT2D eigenvalue weighted by Gasteiger charge is -2.10. The van der Waals surface area contributed by atoms with Gasteiger partial charge in [0.25, 0.3) is 0 Å². The molecule has 0 aliphatic heterocycles. The monoisotopic (exact) mass is 250 g/mol. The maximum atomic E-state index is 4.53. The van der Waals surface area contributed by atoms with Gasteiger partial charge in [0.05, 0.1) is 17.8 Å². The molecule has 1 aromatic carbocycles. The Morgan fingerprint density at radius 2 is 2.05 bits per heavy atom. The first-order valence-corrected chi connectivity index (χ1v) is 6.18. The third-order valence-corrected chi connectivity index (χ3v) is 2.95. The van der Waals surface area contributed by atoms with Crippen LogP contribution < -0.4 is 5.32 Å². The Morgan fingerprint density at radius 1 is 1.16 bits per heavy atom. The number of para-hydroxylation sites is 1. The fourth-order valence-electron chi connectivity index (χ4n) is 2.06. The zero-order chi connectivity index (χ0) is 13.1. The molecule has 0 unspecified atom stereocenters. The highest BCUT2D eigenvalue weighted by Crippen LogP contribution is 2.23. The average molecular weight is 250 g/mol.